The highest BCUT2D eigenvalue weighted by molar-refractivity contribution is 6.32. The molecule has 0 spiro atoms. The van der Waals surface area contributed by atoms with Gasteiger partial charge in [-0.2, -0.15) is 0 Å². The van der Waals surface area contributed by atoms with E-state index >= 15 is 0 Å². The second-order valence-electron chi connectivity index (χ2n) is 4.70. The van der Waals surface area contributed by atoms with Gasteiger partial charge in [-0.3, -0.25) is 0 Å². The summed E-state index contributed by atoms with van der Waals surface area (Å²) in [5.74, 6) is 0.754. The summed E-state index contributed by atoms with van der Waals surface area (Å²) in [6.07, 6.45) is 1.07. The molecule has 1 saturated carbocycles. The highest BCUT2D eigenvalue weighted by atomic mass is 35.5. The molecule has 15 heavy (non-hydrogen) atoms. The molecule has 1 aromatic carbocycles. The molecular formula is C12H16ClNO. The van der Waals surface area contributed by atoms with Crippen LogP contribution in [0, 0.1) is 5.41 Å². The molecule has 1 aliphatic carbocycles. The van der Waals surface area contributed by atoms with Crippen molar-refractivity contribution in [2.45, 2.75) is 32.4 Å². The Morgan fingerprint density at radius 3 is 2.60 bits per heavy atom. The van der Waals surface area contributed by atoms with Crippen LogP contribution in [0.2, 0.25) is 5.02 Å². The molecule has 2 rings (SSSR count). The number of ether oxygens (including phenoxy) is 1. The molecule has 0 aliphatic heterocycles. The number of para-hydroxylation sites is 1. The standard InChI is InChI=1S/C12H16ClNO/c1-12(2)10(14)7-11(12)15-9-6-4-3-5-8(9)13/h3-6,10-11H,7,14H2,1-2H3. The maximum absolute atomic E-state index is 6.02. The monoisotopic (exact) mass is 225 g/mol. The molecule has 0 aromatic heterocycles. The topological polar surface area (TPSA) is 35.2 Å². The van der Waals surface area contributed by atoms with Crippen LogP contribution in [0.3, 0.4) is 0 Å². The van der Waals surface area contributed by atoms with Gasteiger partial charge in [-0.25, -0.2) is 0 Å². The third kappa shape index (κ3) is 1.84. The Bertz CT molecular complexity index is 364. The van der Waals surface area contributed by atoms with Crippen LogP contribution >= 0.6 is 11.6 Å². The summed E-state index contributed by atoms with van der Waals surface area (Å²) in [4.78, 5) is 0. The van der Waals surface area contributed by atoms with Crippen molar-refractivity contribution in [1.29, 1.82) is 0 Å². The smallest absolute Gasteiger partial charge is 0.138 e. The molecule has 1 aromatic rings. The third-order valence-electron chi connectivity index (χ3n) is 3.36. The van der Waals surface area contributed by atoms with Crippen molar-refractivity contribution in [3.63, 3.8) is 0 Å². The van der Waals surface area contributed by atoms with E-state index in [1.165, 1.54) is 0 Å². The van der Waals surface area contributed by atoms with Gasteiger partial charge < -0.3 is 10.5 Å². The number of hydrogen-bond acceptors (Lipinski definition) is 2. The van der Waals surface area contributed by atoms with E-state index in [2.05, 4.69) is 13.8 Å². The third-order valence-corrected chi connectivity index (χ3v) is 3.67. The van der Waals surface area contributed by atoms with Gasteiger partial charge in [0, 0.05) is 17.9 Å². The summed E-state index contributed by atoms with van der Waals surface area (Å²) in [5.41, 5.74) is 5.97. The first-order valence-electron chi connectivity index (χ1n) is 5.18. The van der Waals surface area contributed by atoms with E-state index in [9.17, 15) is 0 Å². The van der Waals surface area contributed by atoms with Crippen molar-refractivity contribution in [2.75, 3.05) is 0 Å². The van der Waals surface area contributed by atoms with E-state index in [-0.39, 0.29) is 17.6 Å². The molecule has 2 nitrogen and oxygen atoms in total. The van der Waals surface area contributed by atoms with Gasteiger partial charge in [-0.15, -0.1) is 0 Å². The van der Waals surface area contributed by atoms with Gasteiger partial charge in [0.2, 0.25) is 0 Å². The van der Waals surface area contributed by atoms with Gasteiger partial charge >= 0.3 is 0 Å². The Morgan fingerprint density at radius 2 is 2.07 bits per heavy atom. The van der Waals surface area contributed by atoms with E-state index in [0.717, 1.165) is 12.2 Å². The maximum atomic E-state index is 6.02. The van der Waals surface area contributed by atoms with Crippen molar-refractivity contribution in [2.24, 2.45) is 11.1 Å². The summed E-state index contributed by atoms with van der Waals surface area (Å²) in [6, 6.07) is 7.77. The van der Waals surface area contributed by atoms with Gasteiger partial charge in [0.15, 0.2) is 0 Å². The van der Waals surface area contributed by atoms with E-state index in [0.29, 0.717) is 5.02 Å². The summed E-state index contributed by atoms with van der Waals surface area (Å²) >= 11 is 6.02. The van der Waals surface area contributed by atoms with Crippen molar-refractivity contribution >= 4 is 11.6 Å². The second kappa shape index (κ2) is 3.69. The average molecular weight is 226 g/mol. The molecule has 1 aliphatic rings. The van der Waals surface area contributed by atoms with Crippen LogP contribution in [-0.2, 0) is 0 Å². The first-order chi connectivity index (χ1) is 7.01. The van der Waals surface area contributed by atoms with Crippen LogP contribution in [0.4, 0.5) is 0 Å². The summed E-state index contributed by atoms with van der Waals surface area (Å²) < 4.78 is 5.85. The van der Waals surface area contributed by atoms with Crippen LogP contribution in [0.25, 0.3) is 0 Å². The predicted octanol–water partition coefficient (Wildman–Crippen LogP) is 2.84. The minimum Gasteiger partial charge on any atom is -0.488 e. The molecule has 2 N–H and O–H groups in total. The fourth-order valence-electron chi connectivity index (χ4n) is 1.81. The zero-order valence-electron chi connectivity index (χ0n) is 9.03. The number of hydrogen-bond donors (Lipinski definition) is 1. The molecule has 82 valence electrons. The molecule has 0 amide bonds. The molecule has 1 fully saturated rings. The number of nitrogens with two attached hydrogens (primary N) is 1. The summed E-state index contributed by atoms with van der Waals surface area (Å²) in [7, 11) is 0. The zero-order valence-corrected chi connectivity index (χ0v) is 9.79. The molecule has 0 radical (unpaired) electrons. The van der Waals surface area contributed by atoms with E-state index in [1.807, 2.05) is 24.3 Å². The fraction of sp³-hybridized carbons (Fsp3) is 0.500. The Kier molecular flexibility index (Phi) is 2.65. The maximum Gasteiger partial charge on any atom is 0.138 e. The minimum absolute atomic E-state index is 0.0408. The van der Waals surface area contributed by atoms with Gasteiger partial charge in [0.25, 0.3) is 0 Å². The second-order valence-corrected chi connectivity index (χ2v) is 5.11. The Hall–Kier alpha value is -0.730. The lowest BCUT2D eigenvalue weighted by Crippen LogP contribution is -2.60. The van der Waals surface area contributed by atoms with Gasteiger partial charge in [0.1, 0.15) is 11.9 Å². The molecule has 3 heteroatoms. The molecule has 0 saturated heterocycles. The van der Waals surface area contributed by atoms with Crippen molar-refractivity contribution in [3.05, 3.63) is 29.3 Å². The van der Waals surface area contributed by atoms with Crippen LogP contribution in [0.5, 0.6) is 5.75 Å². The highest BCUT2D eigenvalue weighted by Crippen LogP contribution is 2.42. The van der Waals surface area contributed by atoms with Gasteiger partial charge in [-0.05, 0) is 12.1 Å². The summed E-state index contributed by atoms with van der Waals surface area (Å²) in [6.45, 7) is 4.26. The lowest BCUT2D eigenvalue weighted by molar-refractivity contribution is -0.0399. The predicted molar refractivity (Wildman–Crippen MR) is 62.2 cm³/mol. The van der Waals surface area contributed by atoms with Gasteiger partial charge in [-0.1, -0.05) is 37.6 Å². The van der Waals surface area contributed by atoms with E-state index in [4.69, 9.17) is 22.1 Å². The number of rotatable bonds is 2. The molecule has 2 unspecified atom stereocenters. The quantitative estimate of drug-likeness (QED) is 0.840. The van der Waals surface area contributed by atoms with Crippen LogP contribution < -0.4 is 10.5 Å². The van der Waals surface area contributed by atoms with Crippen molar-refractivity contribution < 1.29 is 4.74 Å². The molecule has 0 heterocycles. The summed E-state index contributed by atoms with van der Waals surface area (Å²) in [5, 5.41) is 0.661. The van der Waals surface area contributed by atoms with Crippen LogP contribution in [0.1, 0.15) is 20.3 Å². The normalized spacial score (nSPS) is 28.3. The van der Waals surface area contributed by atoms with Gasteiger partial charge in [0.05, 0.1) is 5.02 Å². The average Bonchev–Trinajstić information content (AvgIpc) is 2.20. The van der Waals surface area contributed by atoms with E-state index in [1.54, 1.807) is 0 Å². The Morgan fingerprint density at radius 1 is 1.40 bits per heavy atom. The van der Waals surface area contributed by atoms with E-state index < -0.39 is 0 Å². The van der Waals surface area contributed by atoms with Crippen LogP contribution in [-0.4, -0.2) is 12.1 Å². The van der Waals surface area contributed by atoms with Crippen LogP contribution in [0.15, 0.2) is 24.3 Å². The Labute approximate surface area is 95.4 Å². The molecule has 2 atom stereocenters. The SMILES string of the molecule is CC1(C)C(N)CC1Oc1ccccc1Cl. The minimum atomic E-state index is 0.0408. The lowest BCUT2D eigenvalue weighted by Gasteiger charge is -2.49. The highest BCUT2D eigenvalue weighted by Gasteiger charge is 2.48. The molecular weight excluding hydrogens is 210 g/mol. The number of benzene rings is 1. The molecule has 0 bridgehead atoms. The number of halogens is 1. The van der Waals surface area contributed by atoms with Crippen molar-refractivity contribution in [1.82, 2.24) is 0 Å². The zero-order chi connectivity index (χ0) is 11.1. The van der Waals surface area contributed by atoms with Crippen molar-refractivity contribution in [3.8, 4) is 5.75 Å². The first-order valence-corrected chi connectivity index (χ1v) is 5.56. The largest absolute Gasteiger partial charge is 0.488 e. The Balaban J connectivity index is 2.08. The first kappa shape index (κ1) is 10.8. The fourth-order valence-corrected chi connectivity index (χ4v) is 1.99. The lowest BCUT2D eigenvalue weighted by atomic mass is 9.65.